The number of allylic oxidation sites excluding steroid dienone is 1. The second-order valence-corrected chi connectivity index (χ2v) is 8.88. The van der Waals surface area contributed by atoms with Crippen molar-refractivity contribution in [2.75, 3.05) is 11.9 Å². The molecule has 0 bridgehead atoms. The zero-order valence-corrected chi connectivity index (χ0v) is 18.7. The summed E-state index contributed by atoms with van der Waals surface area (Å²) in [6.45, 7) is 8.80. The third-order valence-electron chi connectivity index (χ3n) is 6.50. The molecule has 2 amide bonds. The fourth-order valence-corrected chi connectivity index (χ4v) is 4.40. The molecule has 2 heterocycles. The van der Waals surface area contributed by atoms with Crippen molar-refractivity contribution in [1.29, 1.82) is 0 Å². The van der Waals surface area contributed by atoms with Gasteiger partial charge in [0.25, 0.3) is 5.91 Å². The van der Waals surface area contributed by atoms with E-state index in [2.05, 4.69) is 46.0 Å². The van der Waals surface area contributed by atoms with Gasteiger partial charge < -0.3 is 16.0 Å². The summed E-state index contributed by atoms with van der Waals surface area (Å²) in [5.74, 6) is 0.765. The molecular weight excluding hydrogens is 392 g/mol. The Bertz CT molecular complexity index is 1020. The molecule has 1 saturated carbocycles. The predicted octanol–water partition coefficient (Wildman–Crippen LogP) is 2.84. The number of hydrogen-bond donors (Lipinski definition) is 3. The van der Waals surface area contributed by atoms with Crippen molar-refractivity contribution in [3.05, 3.63) is 35.3 Å². The minimum atomic E-state index is -0.102. The Morgan fingerprint density at radius 3 is 2.74 bits per heavy atom. The second-order valence-electron chi connectivity index (χ2n) is 8.88. The van der Waals surface area contributed by atoms with Crippen molar-refractivity contribution >= 4 is 23.1 Å². The highest BCUT2D eigenvalue weighted by molar-refractivity contribution is 5.98. The average Bonchev–Trinajstić information content (AvgIpc) is 3.49. The van der Waals surface area contributed by atoms with Crippen molar-refractivity contribution in [1.82, 2.24) is 25.2 Å². The largest absolute Gasteiger partial charge is 0.361 e. The SMILES string of the molecule is CCCNC(=O)c1cn2ncnc(NC3C(C)=CCC(C(=O)NC4CC4)C3C)c2c1C. The lowest BCUT2D eigenvalue weighted by molar-refractivity contribution is -0.126. The Labute approximate surface area is 182 Å². The van der Waals surface area contributed by atoms with Crippen molar-refractivity contribution in [2.45, 2.75) is 65.5 Å². The molecule has 4 rings (SSSR count). The highest BCUT2D eigenvalue weighted by Crippen LogP contribution is 2.34. The van der Waals surface area contributed by atoms with Gasteiger partial charge in [-0.3, -0.25) is 9.59 Å². The number of rotatable bonds is 7. The Kier molecular flexibility index (Phi) is 5.98. The van der Waals surface area contributed by atoms with Crippen molar-refractivity contribution < 1.29 is 9.59 Å². The van der Waals surface area contributed by atoms with E-state index >= 15 is 0 Å². The number of amides is 2. The molecule has 2 aromatic rings. The third kappa shape index (κ3) is 4.29. The fourth-order valence-electron chi connectivity index (χ4n) is 4.40. The normalized spacial score (nSPS) is 23.4. The van der Waals surface area contributed by atoms with Crippen LogP contribution in [0.1, 0.15) is 62.4 Å². The first-order valence-corrected chi connectivity index (χ1v) is 11.2. The monoisotopic (exact) mass is 424 g/mol. The first kappa shape index (κ1) is 21.3. The molecule has 0 aromatic carbocycles. The summed E-state index contributed by atoms with van der Waals surface area (Å²) in [5.41, 5.74) is 3.42. The lowest BCUT2D eigenvalue weighted by Crippen LogP contribution is -2.44. The van der Waals surface area contributed by atoms with E-state index in [1.54, 1.807) is 10.7 Å². The molecule has 0 spiro atoms. The fraction of sp³-hybridized carbons (Fsp3) is 0.565. The van der Waals surface area contributed by atoms with Crippen molar-refractivity contribution in [3.63, 3.8) is 0 Å². The highest BCUT2D eigenvalue weighted by atomic mass is 16.2. The zero-order chi connectivity index (χ0) is 22.1. The van der Waals surface area contributed by atoms with Gasteiger partial charge in [-0.25, -0.2) is 9.50 Å². The molecular formula is C23H32N6O2. The van der Waals surface area contributed by atoms with Crippen LogP contribution in [0.2, 0.25) is 0 Å². The van der Waals surface area contributed by atoms with Gasteiger partial charge in [0, 0.05) is 24.7 Å². The van der Waals surface area contributed by atoms with E-state index in [-0.39, 0.29) is 29.7 Å². The van der Waals surface area contributed by atoms with Crippen LogP contribution < -0.4 is 16.0 Å². The lowest BCUT2D eigenvalue weighted by Gasteiger charge is -2.35. The average molecular weight is 425 g/mol. The molecule has 0 radical (unpaired) electrons. The van der Waals surface area contributed by atoms with Gasteiger partial charge in [0.2, 0.25) is 5.91 Å². The summed E-state index contributed by atoms with van der Waals surface area (Å²) in [4.78, 5) is 29.8. The molecule has 0 saturated heterocycles. The van der Waals surface area contributed by atoms with Crippen LogP contribution in [-0.2, 0) is 4.79 Å². The molecule has 166 valence electrons. The summed E-state index contributed by atoms with van der Waals surface area (Å²) < 4.78 is 1.70. The third-order valence-corrected chi connectivity index (χ3v) is 6.50. The maximum Gasteiger partial charge on any atom is 0.253 e. The van der Waals surface area contributed by atoms with Crippen LogP contribution >= 0.6 is 0 Å². The van der Waals surface area contributed by atoms with E-state index in [1.807, 2.05) is 13.8 Å². The maximum atomic E-state index is 12.8. The minimum Gasteiger partial charge on any atom is -0.361 e. The number of aryl methyl sites for hydroxylation is 1. The number of fused-ring (bicyclic) bond motifs is 1. The van der Waals surface area contributed by atoms with Gasteiger partial charge in [-0.1, -0.05) is 25.5 Å². The van der Waals surface area contributed by atoms with Gasteiger partial charge in [0.05, 0.1) is 11.6 Å². The Balaban J connectivity index is 1.60. The molecule has 2 aliphatic rings. The van der Waals surface area contributed by atoms with Gasteiger partial charge in [0.15, 0.2) is 5.82 Å². The predicted molar refractivity (Wildman–Crippen MR) is 120 cm³/mol. The van der Waals surface area contributed by atoms with Crippen molar-refractivity contribution in [3.8, 4) is 0 Å². The van der Waals surface area contributed by atoms with E-state index in [9.17, 15) is 9.59 Å². The Hall–Kier alpha value is -2.90. The Morgan fingerprint density at radius 2 is 2.03 bits per heavy atom. The number of carbonyl (C=O) groups is 2. The van der Waals surface area contributed by atoms with E-state index < -0.39 is 0 Å². The summed E-state index contributed by atoms with van der Waals surface area (Å²) in [6.07, 6.45) is 9.21. The Morgan fingerprint density at radius 1 is 1.26 bits per heavy atom. The van der Waals surface area contributed by atoms with Crippen LogP contribution in [0.3, 0.4) is 0 Å². The molecule has 2 aromatic heterocycles. The number of aromatic nitrogens is 3. The van der Waals surface area contributed by atoms with Gasteiger partial charge >= 0.3 is 0 Å². The van der Waals surface area contributed by atoms with Crippen molar-refractivity contribution in [2.24, 2.45) is 11.8 Å². The topological polar surface area (TPSA) is 100 Å². The number of hydrogen-bond acceptors (Lipinski definition) is 5. The van der Waals surface area contributed by atoms with E-state index in [0.717, 1.165) is 36.8 Å². The van der Waals surface area contributed by atoms with Crippen LogP contribution in [-0.4, -0.2) is 45.0 Å². The first-order valence-electron chi connectivity index (χ1n) is 11.2. The maximum absolute atomic E-state index is 12.8. The van der Waals surface area contributed by atoms with Gasteiger partial charge in [-0.15, -0.1) is 0 Å². The summed E-state index contributed by atoms with van der Waals surface area (Å²) in [7, 11) is 0. The van der Waals surface area contributed by atoms with Gasteiger partial charge in [-0.2, -0.15) is 5.10 Å². The summed E-state index contributed by atoms with van der Waals surface area (Å²) >= 11 is 0. The highest BCUT2D eigenvalue weighted by Gasteiger charge is 2.37. The number of carbonyl (C=O) groups excluding carboxylic acids is 2. The van der Waals surface area contributed by atoms with Crippen LogP contribution in [0.5, 0.6) is 0 Å². The zero-order valence-electron chi connectivity index (χ0n) is 18.7. The first-order chi connectivity index (χ1) is 14.9. The smallest absolute Gasteiger partial charge is 0.253 e. The molecule has 0 aliphatic heterocycles. The molecule has 3 atom stereocenters. The van der Waals surface area contributed by atoms with Crippen LogP contribution in [0, 0.1) is 18.8 Å². The number of nitrogens with one attached hydrogen (secondary N) is 3. The van der Waals surface area contributed by atoms with E-state index in [0.29, 0.717) is 24.0 Å². The summed E-state index contributed by atoms with van der Waals surface area (Å²) in [5, 5.41) is 14.0. The van der Waals surface area contributed by atoms with Gasteiger partial charge in [-0.05, 0) is 51.0 Å². The van der Waals surface area contributed by atoms with Crippen LogP contribution in [0.4, 0.5) is 5.82 Å². The van der Waals surface area contributed by atoms with Crippen LogP contribution in [0.15, 0.2) is 24.2 Å². The molecule has 31 heavy (non-hydrogen) atoms. The number of anilines is 1. The molecule has 1 fully saturated rings. The standard InChI is InChI=1S/C23H32N6O2/c1-5-10-24-22(30)18-11-29-20(15(18)4)21(25-12-26-29)28-19-13(2)6-9-17(14(19)3)23(31)27-16-7-8-16/h6,11-12,14,16-17,19H,5,7-10H2,1-4H3,(H,24,30)(H,27,31)(H,25,26,28). The van der Waals surface area contributed by atoms with Crippen LogP contribution in [0.25, 0.3) is 5.52 Å². The number of nitrogens with zero attached hydrogens (tertiary/aromatic N) is 3. The molecule has 8 heteroatoms. The molecule has 3 N–H and O–H groups in total. The lowest BCUT2D eigenvalue weighted by atomic mass is 9.77. The second kappa shape index (κ2) is 8.69. The molecule has 2 aliphatic carbocycles. The molecule has 8 nitrogen and oxygen atoms in total. The summed E-state index contributed by atoms with van der Waals surface area (Å²) in [6, 6.07) is 0.342. The quantitative estimate of drug-likeness (QED) is 0.594. The van der Waals surface area contributed by atoms with E-state index in [1.165, 1.54) is 11.9 Å². The van der Waals surface area contributed by atoms with Gasteiger partial charge in [0.1, 0.15) is 11.8 Å². The van der Waals surface area contributed by atoms with E-state index in [4.69, 9.17) is 0 Å². The minimum absolute atomic E-state index is 0.0194. The molecule has 3 unspecified atom stereocenters.